The highest BCUT2D eigenvalue weighted by atomic mass is 79.9. The predicted octanol–water partition coefficient (Wildman–Crippen LogP) is 5.43. The second kappa shape index (κ2) is 11.5. The average molecular weight is 510 g/mol. The Morgan fingerprint density at radius 2 is 1.81 bits per heavy atom. The van der Waals surface area contributed by atoms with Gasteiger partial charge in [0.2, 0.25) is 5.91 Å². The summed E-state index contributed by atoms with van der Waals surface area (Å²) in [6, 6.07) is 10.4. The summed E-state index contributed by atoms with van der Waals surface area (Å²) >= 11 is 9.64. The summed E-state index contributed by atoms with van der Waals surface area (Å²) in [6.45, 7) is 9.71. The minimum Gasteiger partial charge on any atom is -0.484 e. The zero-order valence-electron chi connectivity index (χ0n) is 18.7. The van der Waals surface area contributed by atoms with E-state index in [1.165, 1.54) is 4.90 Å². The first-order valence-corrected chi connectivity index (χ1v) is 11.5. The molecule has 2 rings (SSSR count). The number of rotatable bonds is 9. The molecule has 31 heavy (non-hydrogen) atoms. The summed E-state index contributed by atoms with van der Waals surface area (Å²) in [5.41, 5.74) is 2.90. The Labute approximate surface area is 198 Å². The summed E-state index contributed by atoms with van der Waals surface area (Å²) in [4.78, 5) is 27.4. The van der Waals surface area contributed by atoms with Crippen molar-refractivity contribution in [1.82, 2.24) is 10.2 Å². The van der Waals surface area contributed by atoms with Crippen molar-refractivity contribution in [2.75, 3.05) is 6.61 Å². The first-order valence-electron chi connectivity index (χ1n) is 10.4. The molecule has 0 aliphatic carbocycles. The highest BCUT2D eigenvalue weighted by molar-refractivity contribution is 9.10. The summed E-state index contributed by atoms with van der Waals surface area (Å²) in [5, 5.41) is 3.53. The van der Waals surface area contributed by atoms with Crippen LogP contribution in [0.25, 0.3) is 0 Å². The van der Waals surface area contributed by atoms with E-state index in [-0.39, 0.29) is 31.0 Å². The van der Waals surface area contributed by atoms with Gasteiger partial charge in [0, 0.05) is 22.1 Å². The number of hydrogen-bond donors (Lipinski definition) is 1. The lowest BCUT2D eigenvalue weighted by Gasteiger charge is -2.29. The van der Waals surface area contributed by atoms with Gasteiger partial charge in [0.25, 0.3) is 5.91 Å². The summed E-state index contributed by atoms with van der Waals surface area (Å²) < 4.78 is 6.81. The molecule has 0 radical (unpaired) electrons. The molecule has 0 bridgehead atoms. The molecular formula is C24H30BrClN2O3. The molecule has 0 fully saturated rings. The third kappa shape index (κ3) is 7.25. The van der Waals surface area contributed by atoms with Crippen molar-refractivity contribution in [1.29, 1.82) is 0 Å². The molecule has 0 saturated carbocycles. The maximum atomic E-state index is 13.1. The fourth-order valence-electron chi connectivity index (χ4n) is 3.10. The van der Waals surface area contributed by atoms with E-state index in [1.807, 2.05) is 52.0 Å². The van der Waals surface area contributed by atoms with Gasteiger partial charge in [-0.25, -0.2) is 0 Å². The minimum atomic E-state index is -0.655. The molecule has 2 aromatic carbocycles. The molecule has 168 valence electrons. The van der Waals surface area contributed by atoms with Crippen molar-refractivity contribution in [3.05, 3.63) is 62.6 Å². The van der Waals surface area contributed by atoms with Crippen LogP contribution in [0.2, 0.25) is 5.02 Å². The average Bonchev–Trinajstić information content (AvgIpc) is 2.73. The highest BCUT2D eigenvalue weighted by Gasteiger charge is 2.27. The van der Waals surface area contributed by atoms with Gasteiger partial charge in [-0.1, -0.05) is 46.6 Å². The lowest BCUT2D eigenvalue weighted by atomic mass is 10.1. The van der Waals surface area contributed by atoms with Crippen LogP contribution in [0.3, 0.4) is 0 Å². The molecule has 7 heteroatoms. The summed E-state index contributed by atoms with van der Waals surface area (Å²) in [5.74, 6) is 0.149. The SMILES string of the molecule is CCC(C)NC(=O)C(C)N(Cc1cccc(Cl)c1)C(=O)COc1cc(C)c(Br)c(C)c1. The predicted molar refractivity (Wildman–Crippen MR) is 128 cm³/mol. The maximum absolute atomic E-state index is 13.1. The van der Waals surface area contributed by atoms with E-state index in [0.717, 1.165) is 27.6 Å². The molecule has 5 nitrogen and oxygen atoms in total. The van der Waals surface area contributed by atoms with Crippen molar-refractivity contribution in [3.63, 3.8) is 0 Å². The number of amides is 2. The van der Waals surface area contributed by atoms with Crippen molar-refractivity contribution in [2.24, 2.45) is 0 Å². The Morgan fingerprint density at radius 1 is 1.16 bits per heavy atom. The third-order valence-corrected chi connectivity index (χ3v) is 6.67. The number of ether oxygens (including phenoxy) is 1. The van der Waals surface area contributed by atoms with Crippen LogP contribution >= 0.6 is 27.5 Å². The quantitative estimate of drug-likeness (QED) is 0.490. The van der Waals surface area contributed by atoms with Gasteiger partial charge in [0.1, 0.15) is 11.8 Å². The Balaban J connectivity index is 2.19. The molecule has 2 unspecified atom stereocenters. The van der Waals surface area contributed by atoms with Gasteiger partial charge < -0.3 is 15.0 Å². The number of benzene rings is 2. The molecule has 0 aliphatic heterocycles. The second-order valence-electron chi connectivity index (χ2n) is 7.81. The van der Waals surface area contributed by atoms with E-state index >= 15 is 0 Å². The van der Waals surface area contributed by atoms with Gasteiger partial charge in [0.05, 0.1) is 0 Å². The molecule has 0 spiro atoms. The number of carbonyl (C=O) groups is 2. The summed E-state index contributed by atoms with van der Waals surface area (Å²) in [6.07, 6.45) is 0.812. The smallest absolute Gasteiger partial charge is 0.261 e. The molecule has 2 aromatic rings. The molecule has 2 atom stereocenters. The third-order valence-electron chi connectivity index (χ3n) is 5.18. The normalized spacial score (nSPS) is 12.7. The Hall–Kier alpha value is -2.05. The molecule has 0 aromatic heterocycles. The number of aryl methyl sites for hydroxylation is 2. The zero-order chi connectivity index (χ0) is 23.1. The second-order valence-corrected chi connectivity index (χ2v) is 9.03. The minimum absolute atomic E-state index is 0.0306. The lowest BCUT2D eigenvalue weighted by Crippen LogP contribution is -2.50. The first-order chi connectivity index (χ1) is 14.6. The molecular weight excluding hydrogens is 480 g/mol. The molecule has 0 aliphatic rings. The highest BCUT2D eigenvalue weighted by Crippen LogP contribution is 2.26. The van der Waals surface area contributed by atoms with E-state index in [2.05, 4.69) is 21.2 Å². The van der Waals surface area contributed by atoms with Gasteiger partial charge >= 0.3 is 0 Å². The van der Waals surface area contributed by atoms with Crippen LogP contribution in [0, 0.1) is 13.8 Å². The van der Waals surface area contributed by atoms with Gasteiger partial charge in [0.15, 0.2) is 6.61 Å². The Kier molecular flexibility index (Phi) is 9.38. The van der Waals surface area contributed by atoms with Crippen LogP contribution < -0.4 is 10.1 Å². The summed E-state index contributed by atoms with van der Waals surface area (Å²) in [7, 11) is 0. The molecule has 1 N–H and O–H groups in total. The monoisotopic (exact) mass is 508 g/mol. The van der Waals surface area contributed by atoms with E-state index in [9.17, 15) is 9.59 Å². The molecule has 0 saturated heterocycles. The number of nitrogens with one attached hydrogen (secondary N) is 1. The molecule has 0 heterocycles. The standard InChI is InChI=1S/C24H30BrClN2O3/c1-6-17(4)27-24(30)18(5)28(13-19-8-7-9-20(26)12-19)22(29)14-31-21-10-15(2)23(25)16(3)11-21/h7-12,17-18H,6,13-14H2,1-5H3,(H,27,30). The van der Waals surface area contributed by atoms with Crippen LogP contribution in [0.4, 0.5) is 0 Å². The number of nitrogens with zero attached hydrogens (tertiary/aromatic N) is 1. The Bertz CT molecular complexity index is 912. The molecule has 2 amide bonds. The van der Waals surface area contributed by atoms with Crippen LogP contribution in [0.1, 0.15) is 43.9 Å². The Morgan fingerprint density at radius 3 is 2.39 bits per heavy atom. The number of carbonyl (C=O) groups excluding carboxylic acids is 2. The van der Waals surface area contributed by atoms with Crippen molar-refractivity contribution < 1.29 is 14.3 Å². The lowest BCUT2D eigenvalue weighted by molar-refractivity contribution is -0.142. The van der Waals surface area contributed by atoms with Gasteiger partial charge in [-0.05, 0) is 75.1 Å². The van der Waals surface area contributed by atoms with Gasteiger partial charge in [-0.2, -0.15) is 0 Å². The van der Waals surface area contributed by atoms with Crippen molar-refractivity contribution in [3.8, 4) is 5.75 Å². The largest absolute Gasteiger partial charge is 0.484 e. The topological polar surface area (TPSA) is 58.6 Å². The van der Waals surface area contributed by atoms with E-state index in [1.54, 1.807) is 19.1 Å². The zero-order valence-corrected chi connectivity index (χ0v) is 21.0. The maximum Gasteiger partial charge on any atom is 0.261 e. The van der Waals surface area contributed by atoms with Crippen LogP contribution in [0.15, 0.2) is 40.9 Å². The number of hydrogen-bond acceptors (Lipinski definition) is 3. The van der Waals surface area contributed by atoms with E-state index in [4.69, 9.17) is 16.3 Å². The fraction of sp³-hybridized carbons (Fsp3) is 0.417. The van der Waals surface area contributed by atoms with Crippen molar-refractivity contribution >= 4 is 39.3 Å². The van der Waals surface area contributed by atoms with Crippen LogP contribution in [0.5, 0.6) is 5.75 Å². The van der Waals surface area contributed by atoms with Gasteiger partial charge in [-0.3, -0.25) is 9.59 Å². The van der Waals surface area contributed by atoms with Crippen LogP contribution in [-0.4, -0.2) is 35.4 Å². The van der Waals surface area contributed by atoms with Gasteiger partial charge in [-0.15, -0.1) is 0 Å². The number of halogens is 2. The van der Waals surface area contributed by atoms with Crippen molar-refractivity contribution in [2.45, 2.75) is 59.7 Å². The van der Waals surface area contributed by atoms with E-state index < -0.39 is 6.04 Å². The van der Waals surface area contributed by atoms with E-state index in [0.29, 0.717) is 10.8 Å². The fourth-order valence-corrected chi connectivity index (χ4v) is 3.54. The van der Waals surface area contributed by atoms with Crippen LogP contribution in [-0.2, 0) is 16.1 Å². The first kappa shape index (κ1) is 25.2.